The highest BCUT2D eigenvalue weighted by Gasteiger charge is 2.20. The standard InChI is InChI=1S/C14H16BrClFN3/c1-3-11-14(15)12(20(2)19-11)7-10(18)13-8(16)5-4-6-9(13)17/h4-6,10H,3,7,18H2,1-2H3. The summed E-state index contributed by atoms with van der Waals surface area (Å²) in [6, 6.07) is 4.08. The molecule has 0 aliphatic rings. The third kappa shape index (κ3) is 2.90. The Bertz CT molecular complexity index is 607. The zero-order valence-electron chi connectivity index (χ0n) is 11.3. The van der Waals surface area contributed by atoms with Gasteiger partial charge in [0, 0.05) is 30.1 Å². The predicted octanol–water partition coefficient (Wildman–Crippen LogP) is 3.78. The fourth-order valence-corrected chi connectivity index (χ4v) is 3.30. The van der Waals surface area contributed by atoms with Crippen molar-refractivity contribution in [2.24, 2.45) is 12.8 Å². The van der Waals surface area contributed by atoms with Gasteiger partial charge in [-0.3, -0.25) is 4.68 Å². The average Bonchev–Trinajstić information content (AvgIpc) is 2.66. The second-order valence-electron chi connectivity index (χ2n) is 4.63. The lowest BCUT2D eigenvalue weighted by Crippen LogP contribution is -2.17. The Balaban J connectivity index is 2.33. The molecule has 1 heterocycles. The van der Waals surface area contributed by atoms with Gasteiger partial charge in [0.1, 0.15) is 5.82 Å². The molecule has 0 aliphatic heterocycles. The van der Waals surface area contributed by atoms with Gasteiger partial charge in [-0.05, 0) is 34.5 Å². The van der Waals surface area contributed by atoms with Crippen LogP contribution in [0, 0.1) is 5.82 Å². The highest BCUT2D eigenvalue weighted by Crippen LogP contribution is 2.30. The normalized spacial score (nSPS) is 12.7. The Morgan fingerprint density at radius 2 is 2.20 bits per heavy atom. The van der Waals surface area contributed by atoms with Crippen LogP contribution in [0.3, 0.4) is 0 Å². The van der Waals surface area contributed by atoms with Gasteiger partial charge in [-0.1, -0.05) is 24.6 Å². The van der Waals surface area contributed by atoms with Gasteiger partial charge in [0.05, 0.1) is 15.9 Å². The van der Waals surface area contributed by atoms with Crippen molar-refractivity contribution in [1.29, 1.82) is 0 Å². The lowest BCUT2D eigenvalue weighted by atomic mass is 10.0. The van der Waals surface area contributed by atoms with E-state index >= 15 is 0 Å². The molecule has 1 atom stereocenters. The molecule has 0 aliphatic carbocycles. The van der Waals surface area contributed by atoms with Gasteiger partial charge in [-0.25, -0.2) is 4.39 Å². The molecule has 6 heteroatoms. The van der Waals surface area contributed by atoms with Gasteiger partial charge in [0.2, 0.25) is 0 Å². The molecule has 0 amide bonds. The smallest absolute Gasteiger partial charge is 0.129 e. The maximum Gasteiger partial charge on any atom is 0.129 e. The van der Waals surface area contributed by atoms with E-state index in [9.17, 15) is 4.39 Å². The van der Waals surface area contributed by atoms with Crippen molar-refractivity contribution in [3.63, 3.8) is 0 Å². The highest BCUT2D eigenvalue weighted by molar-refractivity contribution is 9.10. The van der Waals surface area contributed by atoms with Crippen molar-refractivity contribution in [1.82, 2.24) is 9.78 Å². The lowest BCUT2D eigenvalue weighted by molar-refractivity contribution is 0.568. The monoisotopic (exact) mass is 359 g/mol. The van der Waals surface area contributed by atoms with Gasteiger partial charge in [0.15, 0.2) is 0 Å². The van der Waals surface area contributed by atoms with Crippen molar-refractivity contribution in [2.75, 3.05) is 0 Å². The molecular weight excluding hydrogens is 345 g/mol. The summed E-state index contributed by atoms with van der Waals surface area (Å²) in [5.41, 5.74) is 8.38. The van der Waals surface area contributed by atoms with Gasteiger partial charge < -0.3 is 5.73 Å². The lowest BCUT2D eigenvalue weighted by Gasteiger charge is -2.15. The van der Waals surface area contributed by atoms with Crippen LogP contribution in [0.25, 0.3) is 0 Å². The van der Waals surface area contributed by atoms with Crippen molar-refractivity contribution in [2.45, 2.75) is 25.8 Å². The third-order valence-corrected chi connectivity index (χ3v) is 4.53. The van der Waals surface area contributed by atoms with Crippen LogP contribution in [0.2, 0.25) is 5.02 Å². The molecule has 0 fully saturated rings. The van der Waals surface area contributed by atoms with E-state index in [0.29, 0.717) is 17.0 Å². The summed E-state index contributed by atoms with van der Waals surface area (Å²) in [5, 5.41) is 4.76. The molecule has 1 aromatic heterocycles. The first-order chi connectivity index (χ1) is 9.45. The van der Waals surface area contributed by atoms with Crippen LogP contribution in [0.5, 0.6) is 0 Å². The summed E-state index contributed by atoms with van der Waals surface area (Å²) in [7, 11) is 1.86. The minimum atomic E-state index is -0.514. The van der Waals surface area contributed by atoms with Crippen LogP contribution in [0.1, 0.15) is 29.9 Å². The summed E-state index contributed by atoms with van der Waals surface area (Å²) in [4.78, 5) is 0. The van der Waals surface area contributed by atoms with Crippen LogP contribution in [0.15, 0.2) is 22.7 Å². The van der Waals surface area contributed by atoms with E-state index in [0.717, 1.165) is 22.3 Å². The predicted molar refractivity (Wildman–Crippen MR) is 82.3 cm³/mol. The van der Waals surface area contributed by atoms with Gasteiger partial charge in [-0.15, -0.1) is 0 Å². The summed E-state index contributed by atoms with van der Waals surface area (Å²) in [5.74, 6) is -0.376. The third-order valence-electron chi connectivity index (χ3n) is 3.29. The minimum Gasteiger partial charge on any atom is -0.323 e. The van der Waals surface area contributed by atoms with E-state index in [1.54, 1.807) is 16.8 Å². The molecule has 20 heavy (non-hydrogen) atoms. The number of benzene rings is 1. The number of nitrogens with two attached hydrogens (primary N) is 1. The zero-order chi connectivity index (χ0) is 14.9. The Morgan fingerprint density at radius 3 is 2.75 bits per heavy atom. The molecule has 108 valence electrons. The zero-order valence-corrected chi connectivity index (χ0v) is 13.7. The average molecular weight is 361 g/mol. The molecule has 1 aromatic carbocycles. The van der Waals surface area contributed by atoms with Crippen molar-refractivity contribution in [3.05, 3.63) is 50.5 Å². The Labute approximate surface area is 131 Å². The van der Waals surface area contributed by atoms with Crippen molar-refractivity contribution >= 4 is 27.5 Å². The summed E-state index contributed by atoms with van der Waals surface area (Å²) in [6.07, 6.45) is 1.29. The quantitative estimate of drug-likeness (QED) is 0.902. The Hall–Kier alpha value is -0.910. The van der Waals surface area contributed by atoms with Crippen LogP contribution in [-0.2, 0) is 19.9 Å². The summed E-state index contributed by atoms with van der Waals surface area (Å²) in [6.45, 7) is 2.03. The molecule has 0 radical (unpaired) electrons. The SMILES string of the molecule is CCc1nn(C)c(CC(N)c2c(F)cccc2Cl)c1Br. The number of halogens is 3. The Kier molecular flexibility index (Phi) is 4.83. The van der Waals surface area contributed by atoms with Crippen molar-refractivity contribution < 1.29 is 4.39 Å². The largest absolute Gasteiger partial charge is 0.323 e. The second kappa shape index (κ2) is 6.24. The van der Waals surface area contributed by atoms with E-state index in [1.165, 1.54) is 6.07 Å². The number of nitrogens with zero attached hydrogens (tertiary/aromatic N) is 2. The maximum absolute atomic E-state index is 13.9. The number of hydrogen-bond acceptors (Lipinski definition) is 2. The topological polar surface area (TPSA) is 43.8 Å². The number of aryl methyl sites for hydroxylation is 2. The van der Waals surface area contributed by atoms with Crippen molar-refractivity contribution in [3.8, 4) is 0 Å². The molecule has 3 nitrogen and oxygen atoms in total. The molecule has 0 bridgehead atoms. The number of aromatic nitrogens is 2. The maximum atomic E-state index is 13.9. The van der Waals surface area contributed by atoms with E-state index < -0.39 is 6.04 Å². The van der Waals surface area contributed by atoms with Gasteiger partial charge in [0.25, 0.3) is 0 Å². The fraction of sp³-hybridized carbons (Fsp3) is 0.357. The Morgan fingerprint density at radius 1 is 1.50 bits per heavy atom. The first kappa shape index (κ1) is 15.5. The molecule has 2 rings (SSSR count). The van der Waals surface area contributed by atoms with Gasteiger partial charge in [-0.2, -0.15) is 5.10 Å². The molecule has 0 saturated heterocycles. The number of hydrogen-bond donors (Lipinski definition) is 1. The fourth-order valence-electron chi connectivity index (χ4n) is 2.22. The van der Waals surface area contributed by atoms with E-state index in [-0.39, 0.29) is 5.82 Å². The first-order valence-corrected chi connectivity index (χ1v) is 7.52. The second-order valence-corrected chi connectivity index (χ2v) is 5.83. The minimum absolute atomic E-state index is 0.348. The summed E-state index contributed by atoms with van der Waals surface area (Å²) >= 11 is 9.58. The summed E-state index contributed by atoms with van der Waals surface area (Å²) < 4.78 is 16.6. The molecule has 0 saturated carbocycles. The van der Waals surface area contributed by atoms with Crippen LogP contribution in [-0.4, -0.2) is 9.78 Å². The van der Waals surface area contributed by atoms with E-state index in [4.69, 9.17) is 17.3 Å². The first-order valence-electron chi connectivity index (χ1n) is 6.35. The number of rotatable bonds is 4. The molecule has 2 aromatic rings. The van der Waals surface area contributed by atoms with Crippen LogP contribution >= 0.6 is 27.5 Å². The molecule has 2 N–H and O–H groups in total. The van der Waals surface area contributed by atoms with E-state index in [2.05, 4.69) is 21.0 Å². The highest BCUT2D eigenvalue weighted by atomic mass is 79.9. The molecule has 0 spiro atoms. The van der Waals surface area contributed by atoms with E-state index in [1.807, 2.05) is 14.0 Å². The van der Waals surface area contributed by atoms with Gasteiger partial charge >= 0.3 is 0 Å². The van der Waals surface area contributed by atoms with Crippen LogP contribution < -0.4 is 5.73 Å². The molecule has 1 unspecified atom stereocenters. The van der Waals surface area contributed by atoms with Crippen LogP contribution in [0.4, 0.5) is 4.39 Å². The molecular formula is C14H16BrClFN3.